The van der Waals surface area contributed by atoms with Crippen LogP contribution in [0.4, 0.5) is 18.9 Å². The van der Waals surface area contributed by atoms with E-state index < -0.39 is 12.3 Å². The van der Waals surface area contributed by atoms with Crippen molar-refractivity contribution in [1.82, 2.24) is 15.0 Å². The van der Waals surface area contributed by atoms with Crippen LogP contribution in [0.15, 0.2) is 48.1 Å². The van der Waals surface area contributed by atoms with Gasteiger partial charge in [-0.2, -0.15) is 0 Å². The molecule has 1 aromatic carbocycles. The summed E-state index contributed by atoms with van der Waals surface area (Å²) in [7, 11) is 0. The van der Waals surface area contributed by atoms with Crippen molar-refractivity contribution in [2.45, 2.75) is 6.36 Å². The number of carbonyl (C=O) groups excluding carboxylic acids is 1. The first kappa shape index (κ1) is 16.8. The van der Waals surface area contributed by atoms with E-state index in [2.05, 4.69) is 25.0 Å². The van der Waals surface area contributed by atoms with E-state index in [1.807, 2.05) is 0 Å². The molecule has 0 fully saturated rings. The molecule has 0 aliphatic rings. The summed E-state index contributed by atoms with van der Waals surface area (Å²) < 4.78 is 40.1. The fourth-order valence-electron chi connectivity index (χ4n) is 1.83. The van der Waals surface area contributed by atoms with E-state index in [-0.39, 0.29) is 11.4 Å². The Morgan fingerprint density at radius 1 is 1.12 bits per heavy atom. The second kappa shape index (κ2) is 6.85. The molecule has 0 atom stereocenters. The zero-order valence-corrected chi connectivity index (χ0v) is 13.1. The number of carbonyl (C=O) groups is 1. The lowest BCUT2D eigenvalue weighted by molar-refractivity contribution is -0.274. The van der Waals surface area contributed by atoms with Gasteiger partial charge in [0, 0.05) is 23.5 Å². The first-order chi connectivity index (χ1) is 11.9. The number of nitrogens with one attached hydrogen (secondary N) is 1. The number of halogens is 3. The van der Waals surface area contributed by atoms with Crippen LogP contribution < -0.4 is 10.1 Å². The molecule has 2 aromatic heterocycles. The van der Waals surface area contributed by atoms with Gasteiger partial charge in [0.2, 0.25) is 0 Å². The molecule has 0 spiro atoms. The number of aromatic nitrogens is 3. The van der Waals surface area contributed by atoms with Crippen molar-refractivity contribution in [3.8, 4) is 16.6 Å². The number of alkyl halides is 3. The van der Waals surface area contributed by atoms with E-state index in [9.17, 15) is 18.0 Å². The number of benzene rings is 1. The second-order valence-electron chi connectivity index (χ2n) is 4.64. The fraction of sp³-hybridized carbons (Fsp3) is 0.0667. The number of amides is 1. The molecule has 10 heteroatoms. The van der Waals surface area contributed by atoms with Crippen molar-refractivity contribution in [3.05, 3.63) is 53.8 Å². The SMILES string of the molecule is O=C(Nc1ccc(OC(F)(F)F)cc1)c1csc(-c2ncccn2)n1. The Balaban J connectivity index is 1.67. The van der Waals surface area contributed by atoms with Gasteiger partial charge in [-0.25, -0.2) is 15.0 Å². The topological polar surface area (TPSA) is 77.0 Å². The van der Waals surface area contributed by atoms with Gasteiger partial charge in [0.15, 0.2) is 10.8 Å². The Morgan fingerprint density at radius 2 is 1.80 bits per heavy atom. The van der Waals surface area contributed by atoms with Crippen LogP contribution in [0.1, 0.15) is 10.5 Å². The molecular weight excluding hydrogens is 357 g/mol. The van der Waals surface area contributed by atoms with E-state index in [1.54, 1.807) is 23.8 Å². The maximum atomic E-state index is 12.2. The summed E-state index contributed by atoms with van der Waals surface area (Å²) in [6, 6.07) is 6.47. The van der Waals surface area contributed by atoms with Crippen LogP contribution in [0.3, 0.4) is 0 Å². The lowest BCUT2D eigenvalue weighted by atomic mass is 10.3. The molecule has 0 radical (unpaired) electrons. The van der Waals surface area contributed by atoms with Crippen molar-refractivity contribution in [3.63, 3.8) is 0 Å². The number of hydrogen-bond acceptors (Lipinski definition) is 6. The first-order valence-electron chi connectivity index (χ1n) is 6.81. The van der Waals surface area contributed by atoms with E-state index >= 15 is 0 Å². The molecule has 3 aromatic rings. The third-order valence-electron chi connectivity index (χ3n) is 2.84. The van der Waals surface area contributed by atoms with Gasteiger partial charge in [-0.1, -0.05) is 0 Å². The summed E-state index contributed by atoms with van der Waals surface area (Å²) in [5.74, 6) is -0.467. The quantitative estimate of drug-likeness (QED) is 0.761. The number of nitrogens with zero attached hydrogens (tertiary/aromatic N) is 3. The molecule has 1 amide bonds. The minimum Gasteiger partial charge on any atom is -0.406 e. The summed E-state index contributed by atoms with van der Waals surface area (Å²) in [6.45, 7) is 0. The summed E-state index contributed by atoms with van der Waals surface area (Å²) in [5, 5.41) is 4.57. The molecule has 0 aliphatic heterocycles. The van der Waals surface area contributed by atoms with Crippen LogP contribution >= 0.6 is 11.3 Å². The highest BCUT2D eigenvalue weighted by atomic mass is 32.1. The normalized spacial score (nSPS) is 11.2. The molecule has 6 nitrogen and oxygen atoms in total. The smallest absolute Gasteiger partial charge is 0.406 e. The van der Waals surface area contributed by atoms with Crippen molar-refractivity contribution >= 4 is 22.9 Å². The molecule has 0 aliphatic carbocycles. The van der Waals surface area contributed by atoms with E-state index in [1.165, 1.54) is 23.5 Å². The largest absolute Gasteiger partial charge is 0.573 e. The molecule has 25 heavy (non-hydrogen) atoms. The van der Waals surface area contributed by atoms with E-state index in [4.69, 9.17) is 0 Å². The van der Waals surface area contributed by atoms with Gasteiger partial charge in [-0.15, -0.1) is 24.5 Å². The second-order valence-corrected chi connectivity index (χ2v) is 5.49. The number of ether oxygens (including phenoxy) is 1. The summed E-state index contributed by atoms with van der Waals surface area (Å²) in [6.07, 6.45) is -1.64. The Morgan fingerprint density at radius 3 is 2.44 bits per heavy atom. The van der Waals surface area contributed by atoms with Gasteiger partial charge in [-0.3, -0.25) is 4.79 Å². The average Bonchev–Trinajstić information content (AvgIpc) is 3.06. The fourth-order valence-corrected chi connectivity index (χ4v) is 2.57. The van der Waals surface area contributed by atoms with Crippen LogP contribution in [0.5, 0.6) is 5.75 Å². The third-order valence-corrected chi connectivity index (χ3v) is 3.68. The Hall–Kier alpha value is -3.01. The third kappa shape index (κ3) is 4.51. The standard InChI is InChI=1S/C15H9F3N4O2S/c16-15(17,18)24-10-4-2-9(3-5-10)21-13(23)11-8-25-14(22-11)12-19-6-1-7-20-12/h1-8H,(H,21,23). The molecular formula is C15H9F3N4O2S. The molecule has 0 bridgehead atoms. The van der Waals surface area contributed by atoms with E-state index in [0.29, 0.717) is 16.5 Å². The lowest BCUT2D eigenvalue weighted by Crippen LogP contribution is -2.17. The highest BCUT2D eigenvalue weighted by Crippen LogP contribution is 2.24. The minimum atomic E-state index is -4.76. The van der Waals surface area contributed by atoms with Crippen molar-refractivity contribution in [2.24, 2.45) is 0 Å². The molecule has 0 saturated carbocycles. The van der Waals surface area contributed by atoms with Crippen molar-refractivity contribution in [1.29, 1.82) is 0 Å². The van der Waals surface area contributed by atoms with Crippen LogP contribution in [0, 0.1) is 0 Å². The Labute approximate surface area is 143 Å². The molecule has 128 valence electrons. The predicted octanol–water partition coefficient (Wildman–Crippen LogP) is 3.75. The summed E-state index contributed by atoms with van der Waals surface area (Å²) in [4.78, 5) is 24.4. The minimum absolute atomic E-state index is 0.156. The number of anilines is 1. The lowest BCUT2D eigenvalue weighted by Gasteiger charge is -2.09. The molecule has 1 N–H and O–H groups in total. The van der Waals surface area contributed by atoms with Gasteiger partial charge >= 0.3 is 6.36 Å². The predicted molar refractivity (Wildman–Crippen MR) is 84.2 cm³/mol. The zero-order valence-electron chi connectivity index (χ0n) is 12.3. The number of hydrogen-bond donors (Lipinski definition) is 1. The molecule has 3 rings (SSSR count). The number of rotatable bonds is 4. The molecule has 0 saturated heterocycles. The molecule has 2 heterocycles. The first-order valence-corrected chi connectivity index (χ1v) is 7.69. The monoisotopic (exact) mass is 366 g/mol. The van der Waals surface area contributed by atoms with Gasteiger partial charge in [0.1, 0.15) is 11.4 Å². The van der Waals surface area contributed by atoms with Gasteiger partial charge < -0.3 is 10.1 Å². The Kier molecular flexibility index (Phi) is 4.61. The van der Waals surface area contributed by atoms with Crippen LogP contribution in [0.25, 0.3) is 10.8 Å². The van der Waals surface area contributed by atoms with Crippen LogP contribution in [-0.4, -0.2) is 27.2 Å². The van der Waals surface area contributed by atoms with Crippen molar-refractivity contribution in [2.75, 3.05) is 5.32 Å². The van der Waals surface area contributed by atoms with E-state index in [0.717, 1.165) is 12.1 Å². The van der Waals surface area contributed by atoms with Crippen molar-refractivity contribution < 1.29 is 22.7 Å². The summed E-state index contributed by atoms with van der Waals surface area (Å²) >= 11 is 1.21. The maximum absolute atomic E-state index is 12.2. The van der Waals surface area contributed by atoms with Gasteiger partial charge in [0.25, 0.3) is 5.91 Å². The maximum Gasteiger partial charge on any atom is 0.573 e. The van der Waals surface area contributed by atoms with Gasteiger partial charge in [-0.05, 0) is 30.3 Å². The highest BCUT2D eigenvalue weighted by molar-refractivity contribution is 7.13. The number of thiazole rings is 1. The van der Waals surface area contributed by atoms with Gasteiger partial charge in [0.05, 0.1) is 0 Å². The zero-order chi connectivity index (χ0) is 17.9. The summed E-state index contributed by atoms with van der Waals surface area (Å²) in [5.41, 5.74) is 0.466. The van der Waals surface area contributed by atoms with Crippen LogP contribution in [0.2, 0.25) is 0 Å². The van der Waals surface area contributed by atoms with Crippen LogP contribution in [-0.2, 0) is 0 Å². The average molecular weight is 366 g/mol. The Bertz CT molecular complexity index is 866. The highest BCUT2D eigenvalue weighted by Gasteiger charge is 2.31. The molecule has 0 unspecified atom stereocenters.